The Morgan fingerprint density at radius 3 is 2.76 bits per heavy atom. The maximum atomic E-state index is 13.6. The molecule has 0 aliphatic rings. The minimum absolute atomic E-state index is 0.125. The van der Waals surface area contributed by atoms with E-state index in [9.17, 15) is 9.50 Å². The lowest BCUT2D eigenvalue weighted by Gasteiger charge is -2.12. The molecule has 0 fully saturated rings. The minimum Gasteiger partial charge on any atom is -0.382 e. The van der Waals surface area contributed by atoms with Crippen LogP contribution in [0.15, 0.2) is 22.8 Å². The minimum atomic E-state index is -1.15. The summed E-state index contributed by atoms with van der Waals surface area (Å²) in [6, 6.07) is 4.10. The molecule has 2 aromatic rings. The standard InChI is InChI=1S/C10H8BrClFN3O/c1-16-8(10(11)14-15-16)9(17)6-3-2-5(12)4-7(6)13/h2-4,9,17H,1H3. The van der Waals surface area contributed by atoms with E-state index in [0.717, 1.165) is 6.07 Å². The summed E-state index contributed by atoms with van der Waals surface area (Å²) in [4.78, 5) is 0. The van der Waals surface area contributed by atoms with Gasteiger partial charge in [-0.15, -0.1) is 5.10 Å². The van der Waals surface area contributed by atoms with Crippen LogP contribution in [-0.4, -0.2) is 20.1 Å². The molecular weight excluding hydrogens is 312 g/mol. The Bertz CT molecular complexity index is 541. The summed E-state index contributed by atoms with van der Waals surface area (Å²) in [7, 11) is 1.62. The summed E-state index contributed by atoms with van der Waals surface area (Å²) in [6.07, 6.45) is -1.15. The lowest BCUT2D eigenvalue weighted by Crippen LogP contribution is -2.09. The number of aliphatic hydroxyl groups excluding tert-OH is 1. The molecular formula is C10H8BrClFN3O. The van der Waals surface area contributed by atoms with Gasteiger partial charge in [-0.05, 0) is 28.1 Å². The van der Waals surface area contributed by atoms with Gasteiger partial charge in [0.2, 0.25) is 0 Å². The summed E-state index contributed by atoms with van der Waals surface area (Å²) >= 11 is 8.80. The van der Waals surface area contributed by atoms with Gasteiger partial charge in [-0.2, -0.15) is 0 Å². The van der Waals surface area contributed by atoms with Gasteiger partial charge in [0.05, 0.1) is 0 Å². The fourth-order valence-electron chi connectivity index (χ4n) is 1.50. The molecule has 1 heterocycles. The van der Waals surface area contributed by atoms with Crippen molar-refractivity contribution in [1.29, 1.82) is 0 Å². The molecule has 4 nitrogen and oxygen atoms in total. The number of aromatic nitrogens is 3. The van der Waals surface area contributed by atoms with Gasteiger partial charge in [0.1, 0.15) is 17.6 Å². The summed E-state index contributed by atoms with van der Waals surface area (Å²) in [6.45, 7) is 0. The average molecular weight is 321 g/mol. The van der Waals surface area contributed by atoms with Crippen LogP contribution in [0.2, 0.25) is 5.02 Å². The van der Waals surface area contributed by atoms with Crippen molar-refractivity contribution >= 4 is 27.5 Å². The average Bonchev–Trinajstić information content (AvgIpc) is 2.58. The molecule has 0 radical (unpaired) electrons. The van der Waals surface area contributed by atoms with Crippen LogP contribution in [0.25, 0.3) is 0 Å². The zero-order valence-corrected chi connectivity index (χ0v) is 11.1. The number of nitrogens with zero attached hydrogens (tertiary/aromatic N) is 3. The molecule has 1 unspecified atom stereocenters. The van der Waals surface area contributed by atoms with E-state index in [-0.39, 0.29) is 10.6 Å². The first-order chi connectivity index (χ1) is 8.00. The number of benzene rings is 1. The fourth-order valence-corrected chi connectivity index (χ4v) is 2.20. The van der Waals surface area contributed by atoms with E-state index in [2.05, 4.69) is 26.2 Å². The number of hydrogen-bond acceptors (Lipinski definition) is 3. The molecule has 0 saturated carbocycles. The van der Waals surface area contributed by atoms with E-state index >= 15 is 0 Å². The van der Waals surface area contributed by atoms with E-state index in [0.29, 0.717) is 10.3 Å². The van der Waals surface area contributed by atoms with Crippen molar-refractivity contribution in [3.05, 3.63) is 44.9 Å². The molecule has 90 valence electrons. The summed E-state index contributed by atoms with van der Waals surface area (Å²) in [5.74, 6) is -0.571. The molecule has 1 N–H and O–H groups in total. The van der Waals surface area contributed by atoms with E-state index in [4.69, 9.17) is 11.6 Å². The molecule has 1 aromatic heterocycles. The summed E-state index contributed by atoms with van der Waals surface area (Å²) in [5.41, 5.74) is 0.506. The molecule has 17 heavy (non-hydrogen) atoms. The third kappa shape index (κ3) is 2.34. The maximum Gasteiger partial charge on any atom is 0.154 e. The Morgan fingerprint density at radius 2 is 2.24 bits per heavy atom. The van der Waals surface area contributed by atoms with Crippen LogP contribution in [0, 0.1) is 5.82 Å². The largest absolute Gasteiger partial charge is 0.382 e. The van der Waals surface area contributed by atoms with Crippen LogP contribution < -0.4 is 0 Å². The SMILES string of the molecule is Cn1nnc(Br)c1C(O)c1ccc(Cl)cc1F. The maximum absolute atomic E-state index is 13.6. The molecule has 1 aromatic carbocycles. The van der Waals surface area contributed by atoms with Gasteiger partial charge in [0.25, 0.3) is 0 Å². The van der Waals surface area contributed by atoms with Crippen LogP contribution in [0.1, 0.15) is 17.4 Å². The molecule has 0 aliphatic heterocycles. The van der Waals surface area contributed by atoms with Crippen LogP contribution in [0.5, 0.6) is 0 Å². The number of aliphatic hydroxyl groups is 1. The predicted octanol–water partition coefficient (Wildman–Crippen LogP) is 2.45. The molecule has 0 aliphatic carbocycles. The van der Waals surface area contributed by atoms with Crippen molar-refractivity contribution in [3.8, 4) is 0 Å². The first-order valence-corrected chi connectivity index (χ1v) is 5.86. The first kappa shape index (κ1) is 12.5. The van der Waals surface area contributed by atoms with Crippen molar-refractivity contribution < 1.29 is 9.50 Å². The van der Waals surface area contributed by atoms with Crippen LogP contribution >= 0.6 is 27.5 Å². The predicted molar refractivity (Wildman–Crippen MR) is 64.2 cm³/mol. The van der Waals surface area contributed by atoms with Gasteiger partial charge < -0.3 is 5.11 Å². The van der Waals surface area contributed by atoms with Gasteiger partial charge in [0.15, 0.2) is 4.60 Å². The van der Waals surface area contributed by atoms with E-state index < -0.39 is 11.9 Å². The second-order valence-corrected chi connectivity index (χ2v) is 4.65. The lowest BCUT2D eigenvalue weighted by molar-refractivity contribution is 0.204. The summed E-state index contributed by atoms with van der Waals surface area (Å²) < 4.78 is 15.4. The highest BCUT2D eigenvalue weighted by Crippen LogP contribution is 2.29. The van der Waals surface area contributed by atoms with Crippen LogP contribution in [0.3, 0.4) is 0 Å². The zero-order valence-electron chi connectivity index (χ0n) is 8.73. The van der Waals surface area contributed by atoms with Gasteiger partial charge in [0, 0.05) is 17.6 Å². The number of halogens is 3. The van der Waals surface area contributed by atoms with Crippen LogP contribution in [-0.2, 0) is 7.05 Å². The van der Waals surface area contributed by atoms with E-state index in [1.807, 2.05) is 0 Å². The third-order valence-electron chi connectivity index (χ3n) is 2.34. The monoisotopic (exact) mass is 319 g/mol. The second-order valence-electron chi connectivity index (χ2n) is 3.46. The highest BCUT2D eigenvalue weighted by molar-refractivity contribution is 9.10. The fraction of sp³-hybridized carbons (Fsp3) is 0.200. The van der Waals surface area contributed by atoms with E-state index in [1.54, 1.807) is 7.05 Å². The van der Waals surface area contributed by atoms with Gasteiger partial charge in [-0.1, -0.05) is 22.9 Å². The topological polar surface area (TPSA) is 50.9 Å². The van der Waals surface area contributed by atoms with Gasteiger partial charge in [-0.25, -0.2) is 9.07 Å². The molecule has 2 rings (SSSR count). The Kier molecular flexibility index (Phi) is 3.46. The Hall–Kier alpha value is -0.980. The van der Waals surface area contributed by atoms with Gasteiger partial charge >= 0.3 is 0 Å². The smallest absolute Gasteiger partial charge is 0.154 e. The Balaban J connectivity index is 2.47. The number of rotatable bonds is 2. The third-order valence-corrected chi connectivity index (χ3v) is 3.14. The number of hydrogen-bond donors (Lipinski definition) is 1. The van der Waals surface area contributed by atoms with Crippen LogP contribution in [0.4, 0.5) is 4.39 Å². The summed E-state index contributed by atoms with van der Waals surface area (Å²) in [5, 5.41) is 17.8. The van der Waals surface area contributed by atoms with Gasteiger partial charge in [-0.3, -0.25) is 0 Å². The molecule has 0 saturated heterocycles. The van der Waals surface area contributed by atoms with Crippen molar-refractivity contribution in [2.24, 2.45) is 7.05 Å². The van der Waals surface area contributed by atoms with Crippen molar-refractivity contribution in [3.63, 3.8) is 0 Å². The van der Waals surface area contributed by atoms with E-state index in [1.165, 1.54) is 16.8 Å². The molecule has 0 amide bonds. The van der Waals surface area contributed by atoms with Crippen molar-refractivity contribution in [2.45, 2.75) is 6.10 Å². The Labute approximate surface area is 110 Å². The quantitative estimate of drug-likeness (QED) is 0.925. The molecule has 7 heteroatoms. The Morgan fingerprint density at radius 1 is 1.53 bits per heavy atom. The highest BCUT2D eigenvalue weighted by Gasteiger charge is 2.22. The molecule has 0 spiro atoms. The lowest BCUT2D eigenvalue weighted by atomic mass is 10.1. The zero-order chi connectivity index (χ0) is 12.6. The van der Waals surface area contributed by atoms with Crippen molar-refractivity contribution in [1.82, 2.24) is 15.0 Å². The second kappa shape index (κ2) is 4.72. The molecule has 0 bridgehead atoms. The first-order valence-electron chi connectivity index (χ1n) is 4.68. The number of aryl methyl sites for hydroxylation is 1. The highest BCUT2D eigenvalue weighted by atomic mass is 79.9. The normalized spacial score (nSPS) is 12.8. The van der Waals surface area contributed by atoms with Crippen molar-refractivity contribution in [2.75, 3.05) is 0 Å². The molecule has 1 atom stereocenters.